The predicted molar refractivity (Wildman–Crippen MR) is 128 cm³/mol. The molecule has 0 aliphatic rings. The Kier molecular flexibility index (Phi) is 7.12. The largest absolute Gasteiger partial charge is 0.465 e. The molecular weight excluding hydrogens is 432 g/mol. The van der Waals surface area contributed by atoms with Gasteiger partial charge in [0, 0.05) is 24.0 Å². The summed E-state index contributed by atoms with van der Waals surface area (Å²) in [7, 11) is 0. The van der Waals surface area contributed by atoms with Gasteiger partial charge in [0.2, 0.25) is 0 Å². The SMILES string of the molecule is CCOC(=O)Cn1nnnc1CN(Cc1ccccc1)Cc1cc2c(C)ccc(C)c2[nH]c1=O. The molecular formula is C25H28N6O3. The van der Waals surface area contributed by atoms with Crippen LogP contribution in [0.2, 0.25) is 0 Å². The lowest BCUT2D eigenvalue weighted by Crippen LogP contribution is -2.28. The zero-order valence-corrected chi connectivity index (χ0v) is 19.6. The van der Waals surface area contributed by atoms with E-state index in [1.54, 1.807) is 6.92 Å². The van der Waals surface area contributed by atoms with Crippen LogP contribution in [0.25, 0.3) is 10.9 Å². The minimum absolute atomic E-state index is 0.0651. The van der Waals surface area contributed by atoms with Crippen molar-refractivity contribution in [3.8, 4) is 0 Å². The van der Waals surface area contributed by atoms with E-state index in [-0.39, 0.29) is 12.1 Å². The molecule has 0 spiro atoms. The fraction of sp³-hybridized carbons (Fsp3) is 0.320. The first-order chi connectivity index (χ1) is 16.4. The minimum atomic E-state index is -0.400. The van der Waals surface area contributed by atoms with Gasteiger partial charge < -0.3 is 9.72 Å². The van der Waals surface area contributed by atoms with E-state index in [9.17, 15) is 9.59 Å². The molecule has 0 saturated heterocycles. The molecule has 0 atom stereocenters. The minimum Gasteiger partial charge on any atom is -0.465 e. The lowest BCUT2D eigenvalue weighted by Gasteiger charge is -2.22. The van der Waals surface area contributed by atoms with E-state index in [4.69, 9.17) is 4.74 Å². The molecule has 2 heterocycles. The molecule has 0 unspecified atom stereocenters. The van der Waals surface area contributed by atoms with Crippen LogP contribution < -0.4 is 5.56 Å². The standard InChI is InChI=1S/C25H28N6O3/c1-4-34-23(32)16-31-22(27-28-29-31)15-30(13-19-8-6-5-7-9-19)14-20-12-21-17(2)10-11-18(3)24(21)26-25(20)33/h5-12H,4,13-16H2,1-3H3,(H,26,33). The second-order valence-electron chi connectivity index (χ2n) is 8.30. The van der Waals surface area contributed by atoms with Gasteiger partial charge in [-0.3, -0.25) is 14.5 Å². The summed E-state index contributed by atoms with van der Waals surface area (Å²) in [5.74, 6) is 0.121. The Bertz CT molecular complexity index is 1350. The molecule has 4 rings (SSSR count). The van der Waals surface area contributed by atoms with Crippen molar-refractivity contribution in [2.75, 3.05) is 6.61 Å². The van der Waals surface area contributed by atoms with Crippen LogP contribution >= 0.6 is 0 Å². The number of nitrogens with one attached hydrogen (secondary N) is 1. The summed E-state index contributed by atoms with van der Waals surface area (Å²) in [6, 6.07) is 16.0. The summed E-state index contributed by atoms with van der Waals surface area (Å²) in [5.41, 5.74) is 4.62. The van der Waals surface area contributed by atoms with Gasteiger partial charge in [-0.25, -0.2) is 4.68 Å². The smallest absolute Gasteiger partial charge is 0.327 e. The third-order valence-electron chi connectivity index (χ3n) is 5.72. The second kappa shape index (κ2) is 10.4. The number of ether oxygens (including phenoxy) is 1. The number of hydrogen-bond donors (Lipinski definition) is 1. The van der Waals surface area contributed by atoms with Crippen molar-refractivity contribution in [1.82, 2.24) is 30.1 Å². The number of carbonyl (C=O) groups excluding carboxylic acids is 1. The van der Waals surface area contributed by atoms with Crippen molar-refractivity contribution in [3.05, 3.63) is 87.0 Å². The molecule has 2 aromatic carbocycles. The molecule has 1 N–H and O–H groups in total. The van der Waals surface area contributed by atoms with E-state index >= 15 is 0 Å². The molecule has 0 saturated carbocycles. The van der Waals surface area contributed by atoms with Gasteiger partial charge in [0.25, 0.3) is 5.56 Å². The molecule has 0 fully saturated rings. The van der Waals surface area contributed by atoms with Gasteiger partial charge in [0.15, 0.2) is 5.82 Å². The summed E-state index contributed by atoms with van der Waals surface area (Å²) in [5, 5.41) is 12.8. The van der Waals surface area contributed by atoms with Crippen molar-refractivity contribution in [2.45, 2.75) is 47.0 Å². The van der Waals surface area contributed by atoms with Crippen LogP contribution in [0.1, 0.15) is 35.0 Å². The fourth-order valence-corrected chi connectivity index (χ4v) is 3.97. The van der Waals surface area contributed by atoms with Crippen LogP contribution in [0.4, 0.5) is 0 Å². The number of tetrazole rings is 1. The number of aromatic nitrogens is 5. The number of carbonyl (C=O) groups is 1. The van der Waals surface area contributed by atoms with E-state index in [0.717, 1.165) is 27.6 Å². The van der Waals surface area contributed by atoms with Crippen LogP contribution in [-0.2, 0) is 35.7 Å². The van der Waals surface area contributed by atoms with Crippen LogP contribution in [0.5, 0.6) is 0 Å². The number of aryl methyl sites for hydroxylation is 2. The highest BCUT2D eigenvalue weighted by atomic mass is 16.5. The molecule has 34 heavy (non-hydrogen) atoms. The van der Waals surface area contributed by atoms with E-state index in [0.29, 0.717) is 37.6 Å². The first-order valence-electron chi connectivity index (χ1n) is 11.2. The number of rotatable bonds is 9. The molecule has 4 aromatic rings. The molecule has 0 aliphatic heterocycles. The number of nitrogens with zero attached hydrogens (tertiary/aromatic N) is 5. The molecule has 0 bridgehead atoms. The van der Waals surface area contributed by atoms with E-state index in [2.05, 4.69) is 31.5 Å². The van der Waals surface area contributed by atoms with Crippen LogP contribution in [0, 0.1) is 13.8 Å². The first kappa shape index (κ1) is 23.3. The summed E-state index contributed by atoms with van der Waals surface area (Å²) in [4.78, 5) is 30.1. The summed E-state index contributed by atoms with van der Waals surface area (Å²) < 4.78 is 6.47. The highest BCUT2D eigenvalue weighted by molar-refractivity contribution is 5.85. The Morgan fingerprint density at radius 1 is 1.06 bits per heavy atom. The molecule has 0 radical (unpaired) electrons. The number of fused-ring (bicyclic) bond motifs is 1. The van der Waals surface area contributed by atoms with Crippen LogP contribution in [0.15, 0.2) is 53.3 Å². The summed E-state index contributed by atoms with van der Waals surface area (Å²) in [6.07, 6.45) is 0. The Balaban J connectivity index is 1.65. The van der Waals surface area contributed by atoms with Crippen molar-refractivity contribution < 1.29 is 9.53 Å². The number of hydrogen-bond acceptors (Lipinski definition) is 7. The lowest BCUT2D eigenvalue weighted by molar-refractivity contribution is -0.144. The Morgan fingerprint density at radius 3 is 2.59 bits per heavy atom. The van der Waals surface area contributed by atoms with E-state index in [1.165, 1.54) is 4.68 Å². The predicted octanol–water partition coefficient (Wildman–Crippen LogP) is 2.90. The van der Waals surface area contributed by atoms with E-state index in [1.807, 2.05) is 56.3 Å². The molecule has 2 aromatic heterocycles. The van der Waals surface area contributed by atoms with Crippen molar-refractivity contribution >= 4 is 16.9 Å². The fourth-order valence-electron chi connectivity index (χ4n) is 3.97. The molecule has 9 nitrogen and oxygen atoms in total. The van der Waals surface area contributed by atoms with Crippen molar-refractivity contribution in [1.29, 1.82) is 0 Å². The first-order valence-corrected chi connectivity index (χ1v) is 11.2. The summed E-state index contributed by atoms with van der Waals surface area (Å²) in [6.45, 7) is 7.33. The van der Waals surface area contributed by atoms with Gasteiger partial charge >= 0.3 is 5.97 Å². The summed E-state index contributed by atoms with van der Waals surface area (Å²) >= 11 is 0. The van der Waals surface area contributed by atoms with Gasteiger partial charge in [-0.05, 0) is 54.0 Å². The number of H-pyrrole nitrogens is 1. The Hall–Kier alpha value is -3.85. The maximum atomic E-state index is 13.0. The topological polar surface area (TPSA) is 106 Å². The number of pyridine rings is 1. The zero-order valence-electron chi connectivity index (χ0n) is 19.6. The van der Waals surface area contributed by atoms with Gasteiger partial charge in [-0.1, -0.05) is 42.5 Å². The molecule has 0 amide bonds. The Labute approximate surface area is 197 Å². The Morgan fingerprint density at radius 2 is 1.82 bits per heavy atom. The lowest BCUT2D eigenvalue weighted by atomic mass is 10.0. The van der Waals surface area contributed by atoms with E-state index < -0.39 is 5.97 Å². The van der Waals surface area contributed by atoms with Gasteiger partial charge in [-0.15, -0.1) is 5.10 Å². The monoisotopic (exact) mass is 460 g/mol. The third-order valence-corrected chi connectivity index (χ3v) is 5.72. The second-order valence-corrected chi connectivity index (χ2v) is 8.30. The maximum absolute atomic E-state index is 13.0. The number of esters is 1. The van der Waals surface area contributed by atoms with Gasteiger partial charge in [-0.2, -0.15) is 0 Å². The normalized spacial score (nSPS) is 11.3. The molecule has 9 heteroatoms. The quantitative estimate of drug-likeness (QED) is 0.383. The zero-order chi connectivity index (χ0) is 24.1. The van der Waals surface area contributed by atoms with Crippen molar-refractivity contribution in [2.24, 2.45) is 0 Å². The van der Waals surface area contributed by atoms with Gasteiger partial charge in [0.05, 0.1) is 18.7 Å². The van der Waals surface area contributed by atoms with Crippen LogP contribution in [0.3, 0.4) is 0 Å². The number of benzene rings is 2. The maximum Gasteiger partial charge on any atom is 0.327 e. The highest BCUT2D eigenvalue weighted by Gasteiger charge is 2.18. The average molecular weight is 461 g/mol. The molecule has 0 aliphatic carbocycles. The van der Waals surface area contributed by atoms with Crippen molar-refractivity contribution in [3.63, 3.8) is 0 Å². The third kappa shape index (κ3) is 5.37. The molecule has 176 valence electrons. The average Bonchev–Trinajstić information content (AvgIpc) is 3.24. The highest BCUT2D eigenvalue weighted by Crippen LogP contribution is 2.21. The van der Waals surface area contributed by atoms with Crippen LogP contribution in [-0.4, -0.2) is 42.7 Å². The number of aromatic amines is 1. The van der Waals surface area contributed by atoms with Gasteiger partial charge in [0.1, 0.15) is 6.54 Å².